The molecular formula is C16H28ClN3. The molecule has 0 radical (unpaired) electrons. The smallest absolute Gasteiger partial charge is 0.0853 e. The molecule has 0 spiro atoms. The number of hydrogen-bond donors (Lipinski definition) is 1. The lowest BCUT2D eigenvalue weighted by molar-refractivity contribution is 0.431. The van der Waals surface area contributed by atoms with Crippen molar-refractivity contribution >= 4 is 11.6 Å². The van der Waals surface area contributed by atoms with E-state index in [1.54, 1.807) is 0 Å². The van der Waals surface area contributed by atoms with Crippen molar-refractivity contribution in [1.82, 2.24) is 15.1 Å². The summed E-state index contributed by atoms with van der Waals surface area (Å²) in [6, 6.07) is 0. The monoisotopic (exact) mass is 297 g/mol. The zero-order valence-electron chi connectivity index (χ0n) is 13.7. The molecular weight excluding hydrogens is 270 g/mol. The Morgan fingerprint density at radius 2 is 2.05 bits per heavy atom. The normalized spacial score (nSPS) is 13.1. The molecule has 0 saturated heterocycles. The van der Waals surface area contributed by atoms with Crippen molar-refractivity contribution in [3.63, 3.8) is 0 Å². The van der Waals surface area contributed by atoms with Crippen LogP contribution >= 0.6 is 11.6 Å². The summed E-state index contributed by atoms with van der Waals surface area (Å²) in [5.74, 6) is 0. The number of nitrogens with one attached hydrogen (secondary N) is 1. The second-order valence-corrected chi connectivity index (χ2v) is 6.76. The van der Waals surface area contributed by atoms with Gasteiger partial charge in [0.25, 0.3) is 0 Å². The third-order valence-corrected chi connectivity index (χ3v) is 3.68. The van der Waals surface area contributed by atoms with Crippen LogP contribution in [-0.4, -0.2) is 21.9 Å². The molecule has 0 aliphatic heterocycles. The fourth-order valence-electron chi connectivity index (χ4n) is 2.11. The van der Waals surface area contributed by atoms with E-state index >= 15 is 0 Å². The molecule has 1 heterocycles. The van der Waals surface area contributed by atoms with Crippen LogP contribution in [0.25, 0.3) is 0 Å². The predicted octanol–water partition coefficient (Wildman–Crippen LogP) is 3.90. The van der Waals surface area contributed by atoms with Gasteiger partial charge in [0, 0.05) is 19.0 Å². The summed E-state index contributed by atoms with van der Waals surface area (Å²) in [5.41, 5.74) is 3.63. The fraction of sp³-hybridized carbons (Fsp3) is 0.688. The Kier molecular flexibility index (Phi) is 6.28. The van der Waals surface area contributed by atoms with E-state index in [4.69, 9.17) is 11.6 Å². The maximum absolute atomic E-state index is 6.37. The van der Waals surface area contributed by atoms with Gasteiger partial charge >= 0.3 is 0 Å². The molecule has 0 aromatic carbocycles. The molecule has 0 unspecified atom stereocenters. The number of nitrogens with zero attached hydrogens (tertiary/aromatic N) is 2. The molecule has 1 rings (SSSR count). The van der Waals surface area contributed by atoms with Crippen LogP contribution in [0.3, 0.4) is 0 Å². The molecule has 0 atom stereocenters. The van der Waals surface area contributed by atoms with Gasteiger partial charge in [-0.15, -0.1) is 0 Å². The first-order valence-corrected chi connectivity index (χ1v) is 7.73. The van der Waals surface area contributed by atoms with Crippen LogP contribution in [-0.2, 0) is 19.9 Å². The Labute approximate surface area is 128 Å². The van der Waals surface area contributed by atoms with Crippen molar-refractivity contribution in [2.75, 3.05) is 6.54 Å². The topological polar surface area (TPSA) is 29.9 Å². The Hall–Kier alpha value is -0.800. The van der Waals surface area contributed by atoms with E-state index in [0.29, 0.717) is 0 Å². The first-order chi connectivity index (χ1) is 9.24. The Morgan fingerprint density at radius 3 is 2.55 bits per heavy atom. The molecule has 1 aromatic heterocycles. The van der Waals surface area contributed by atoms with Crippen LogP contribution in [0.2, 0.25) is 5.02 Å². The van der Waals surface area contributed by atoms with Crippen LogP contribution in [0.4, 0.5) is 0 Å². The van der Waals surface area contributed by atoms with Crippen molar-refractivity contribution in [1.29, 1.82) is 0 Å². The van der Waals surface area contributed by atoms with Gasteiger partial charge in [0.1, 0.15) is 0 Å². The third-order valence-electron chi connectivity index (χ3n) is 3.24. The van der Waals surface area contributed by atoms with Gasteiger partial charge in [0.15, 0.2) is 0 Å². The maximum atomic E-state index is 6.37. The number of allylic oxidation sites excluding steroid dienone is 1. The maximum Gasteiger partial charge on any atom is 0.0853 e. The zero-order valence-corrected chi connectivity index (χ0v) is 14.4. The highest BCUT2D eigenvalue weighted by Gasteiger charge is 2.13. The Bertz CT molecular complexity index is 467. The summed E-state index contributed by atoms with van der Waals surface area (Å²) in [4.78, 5) is 0. The van der Waals surface area contributed by atoms with Gasteiger partial charge < -0.3 is 5.32 Å². The standard InChI is InChI=1S/C16H28ClN3/c1-7-13-15(17)14(20(6)19-13)11-12(2)9-8-10-18-16(3,4)5/h9,18H,7-8,10-11H2,1-6H3. The minimum atomic E-state index is 0.184. The molecule has 4 heteroatoms. The average Bonchev–Trinajstić information content (AvgIpc) is 2.61. The van der Waals surface area contributed by atoms with Gasteiger partial charge in [-0.05, 0) is 47.1 Å². The van der Waals surface area contributed by atoms with E-state index in [-0.39, 0.29) is 5.54 Å². The van der Waals surface area contributed by atoms with Crippen LogP contribution in [0, 0.1) is 0 Å². The highest BCUT2D eigenvalue weighted by atomic mass is 35.5. The molecule has 0 bridgehead atoms. The summed E-state index contributed by atoms with van der Waals surface area (Å²) in [6.45, 7) is 11.8. The molecule has 20 heavy (non-hydrogen) atoms. The van der Waals surface area contributed by atoms with Crippen molar-refractivity contribution < 1.29 is 0 Å². The fourth-order valence-corrected chi connectivity index (χ4v) is 2.47. The SMILES string of the molecule is CCc1nn(C)c(CC(C)=CCCNC(C)(C)C)c1Cl. The first-order valence-electron chi connectivity index (χ1n) is 7.35. The molecule has 1 aromatic rings. The molecule has 1 N–H and O–H groups in total. The quantitative estimate of drug-likeness (QED) is 0.637. The van der Waals surface area contributed by atoms with Crippen LogP contribution < -0.4 is 5.32 Å². The molecule has 0 fully saturated rings. The van der Waals surface area contributed by atoms with Gasteiger partial charge in [-0.3, -0.25) is 4.68 Å². The van der Waals surface area contributed by atoms with Gasteiger partial charge in [0.2, 0.25) is 0 Å². The van der Waals surface area contributed by atoms with Crippen LogP contribution in [0.1, 0.15) is 52.4 Å². The van der Waals surface area contributed by atoms with E-state index < -0.39 is 0 Å². The molecule has 3 nitrogen and oxygen atoms in total. The lowest BCUT2D eigenvalue weighted by atomic mass is 10.1. The summed E-state index contributed by atoms with van der Waals surface area (Å²) in [5, 5.41) is 8.77. The number of rotatable bonds is 6. The summed E-state index contributed by atoms with van der Waals surface area (Å²) in [7, 11) is 1.97. The van der Waals surface area contributed by atoms with Crippen molar-refractivity contribution in [2.24, 2.45) is 7.05 Å². The highest BCUT2D eigenvalue weighted by Crippen LogP contribution is 2.23. The second kappa shape index (κ2) is 7.28. The summed E-state index contributed by atoms with van der Waals surface area (Å²) in [6.07, 6.45) is 5.08. The van der Waals surface area contributed by atoms with Gasteiger partial charge in [-0.2, -0.15) is 5.10 Å². The van der Waals surface area contributed by atoms with Crippen molar-refractivity contribution in [3.05, 3.63) is 28.1 Å². The Balaban J connectivity index is 2.58. The van der Waals surface area contributed by atoms with E-state index in [0.717, 1.165) is 42.2 Å². The Morgan fingerprint density at radius 1 is 1.40 bits per heavy atom. The lowest BCUT2D eigenvalue weighted by Gasteiger charge is -2.19. The minimum absolute atomic E-state index is 0.184. The number of halogens is 1. The molecule has 0 aliphatic carbocycles. The molecule has 0 aliphatic rings. The van der Waals surface area contributed by atoms with E-state index in [1.807, 2.05) is 11.7 Å². The third kappa shape index (κ3) is 5.29. The second-order valence-electron chi connectivity index (χ2n) is 6.38. The van der Waals surface area contributed by atoms with Crippen LogP contribution in [0.15, 0.2) is 11.6 Å². The molecule has 0 amide bonds. The number of aromatic nitrogens is 2. The molecule has 114 valence electrons. The van der Waals surface area contributed by atoms with Crippen LogP contribution in [0.5, 0.6) is 0 Å². The van der Waals surface area contributed by atoms with Gasteiger partial charge in [-0.1, -0.05) is 30.2 Å². The van der Waals surface area contributed by atoms with Crippen molar-refractivity contribution in [2.45, 2.75) is 59.4 Å². The average molecular weight is 298 g/mol. The van der Waals surface area contributed by atoms with E-state index in [2.05, 4.69) is 51.1 Å². The van der Waals surface area contributed by atoms with E-state index in [9.17, 15) is 0 Å². The predicted molar refractivity (Wildman–Crippen MR) is 87.4 cm³/mol. The largest absolute Gasteiger partial charge is 0.312 e. The van der Waals surface area contributed by atoms with Crippen molar-refractivity contribution in [3.8, 4) is 0 Å². The van der Waals surface area contributed by atoms with Gasteiger partial charge in [-0.25, -0.2) is 0 Å². The number of hydrogen-bond acceptors (Lipinski definition) is 2. The molecule has 0 saturated carbocycles. The van der Waals surface area contributed by atoms with Gasteiger partial charge in [0.05, 0.1) is 16.4 Å². The highest BCUT2D eigenvalue weighted by molar-refractivity contribution is 6.31. The summed E-state index contributed by atoms with van der Waals surface area (Å²) < 4.78 is 1.91. The summed E-state index contributed by atoms with van der Waals surface area (Å²) >= 11 is 6.37. The minimum Gasteiger partial charge on any atom is -0.312 e. The van der Waals surface area contributed by atoms with E-state index in [1.165, 1.54) is 5.57 Å². The lowest BCUT2D eigenvalue weighted by Crippen LogP contribution is -2.36. The number of aryl methyl sites for hydroxylation is 2. The first kappa shape index (κ1) is 17.3. The zero-order chi connectivity index (χ0) is 15.3.